The summed E-state index contributed by atoms with van der Waals surface area (Å²) in [5, 5.41) is 12.0. The highest BCUT2D eigenvalue weighted by atomic mass is 16.5. The van der Waals surface area contributed by atoms with Gasteiger partial charge in [0.2, 0.25) is 11.8 Å². The summed E-state index contributed by atoms with van der Waals surface area (Å²) < 4.78 is 5.06. The summed E-state index contributed by atoms with van der Waals surface area (Å²) in [6.07, 6.45) is 0.911. The number of carbonyl (C=O) groups excluding carboxylic acids is 2. The van der Waals surface area contributed by atoms with Crippen LogP contribution in [0.3, 0.4) is 0 Å². The number of aromatic carboxylic acids is 1. The van der Waals surface area contributed by atoms with Gasteiger partial charge in [0.25, 0.3) is 0 Å². The monoisotopic (exact) mass is 396 g/mol. The lowest BCUT2D eigenvalue weighted by atomic mass is 10.1. The van der Waals surface area contributed by atoms with E-state index in [0.29, 0.717) is 17.8 Å². The molecule has 0 aromatic heterocycles. The molecule has 0 saturated carbocycles. The molecule has 1 unspecified atom stereocenters. The Morgan fingerprint density at radius 3 is 2.69 bits per heavy atom. The van der Waals surface area contributed by atoms with Crippen molar-refractivity contribution in [1.82, 2.24) is 0 Å². The molecule has 7 heteroatoms. The number of carbonyl (C=O) groups is 3. The number of nitrogens with one attached hydrogen (secondary N) is 1. The van der Waals surface area contributed by atoms with Gasteiger partial charge >= 0.3 is 5.97 Å². The summed E-state index contributed by atoms with van der Waals surface area (Å²) in [4.78, 5) is 38.3. The first-order chi connectivity index (χ1) is 13.9. The third-order valence-electron chi connectivity index (χ3n) is 4.98. The minimum Gasteiger partial charge on any atom is -0.478 e. The molecule has 29 heavy (non-hydrogen) atoms. The van der Waals surface area contributed by atoms with E-state index in [2.05, 4.69) is 5.32 Å². The molecule has 0 radical (unpaired) electrons. The number of aryl methyl sites for hydroxylation is 1. The predicted octanol–water partition coefficient (Wildman–Crippen LogP) is 3.09. The standard InChI is InChI=1S/C22H24N2O5/c1-3-15-6-4-5-7-19(15)24-12-17(11-20(24)25)21(26)23-18-9-14(13-29-2)8-16(10-18)22(27)28/h4-10,17H,3,11-13H2,1-2H3,(H,23,26)(H,27,28). The van der Waals surface area contributed by atoms with Crippen LogP contribution in [0.15, 0.2) is 42.5 Å². The van der Waals surface area contributed by atoms with Crippen molar-refractivity contribution in [3.8, 4) is 0 Å². The molecule has 0 aliphatic carbocycles. The van der Waals surface area contributed by atoms with Crippen molar-refractivity contribution in [2.24, 2.45) is 5.92 Å². The molecule has 1 fully saturated rings. The van der Waals surface area contributed by atoms with Crippen LogP contribution >= 0.6 is 0 Å². The van der Waals surface area contributed by atoms with E-state index in [4.69, 9.17) is 4.74 Å². The number of ether oxygens (including phenoxy) is 1. The zero-order valence-electron chi connectivity index (χ0n) is 16.5. The topological polar surface area (TPSA) is 95.9 Å². The number of rotatable bonds is 7. The van der Waals surface area contributed by atoms with E-state index in [-0.39, 0.29) is 30.4 Å². The molecule has 152 valence electrons. The van der Waals surface area contributed by atoms with E-state index >= 15 is 0 Å². The number of para-hydroxylation sites is 1. The van der Waals surface area contributed by atoms with Crippen molar-refractivity contribution < 1.29 is 24.2 Å². The summed E-state index contributed by atoms with van der Waals surface area (Å²) in [5.74, 6) is -1.99. The highest BCUT2D eigenvalue weighted by Crippen LogP contribution is 2.29. The molecule has 0 spiro atoms. The lowest BCUT2D eigenvalue weighted by Crippen LogP contribution is -2.28. The second-order valence-corrected chi connectivity index (χ2v) is 7.03. The van der Waals surface area contributed by atoms with Crippen molar-refractivity contribution in [2.45, 2.75) is 26.4 Å². The molecule has 1 saturated heterocycles. The number of benzene rings is 2. The predicted molar refractivity (Wildman–Crippen MR) is 109 cm³/mol. The van der Waals surface area contributed by atoms with Crippen LogP contribution in [0.25, 0.3) is 0 Å². The van der Waals surface area contributed by atoms with Crippen LogP contribution in [0.4, 0.5) is 11.4 Å². The Kier molecular flexibility index (Phi) is 6.29. The summed E-state index contributed by atoms with van der Waals surface area (Å²) >= 11 is 0. The number of anilines is 2. The van der Waals surface area contributed by atoms with E-state index < -0.39 is 11.9 Å². The van der Waals surface area contributed by atoms with Crippen molar-refractivity contribution >= 4 is 29.2 Å². The van der Waals surface area contributed by atoms with Gasteiger partial charge in [0.05, 0.1) is 18.1 Å². The summed E-state index contributed by atoms with van der Waals surface area (Å²) in [5.41, 5.74) is 2.98. The Bertz CT molecular complexity index is 941. The van der Waals surface area contributed by atoms with Crippen LogP contribution in [0.5, 0.6) is 0 Å². The first-order valence-electron chi connectivity index (χ1n) is 9.48. The fourth-order valence-corrected chi connectivity index (χ4v) is 3.57. The third-order valence-corrected chi connectivity index (χ3v) is 4.98. The fourth-order valence-electron chi connectivity index (χ4n) is 3.57. The quantitative estimate of drug-likeness (QED) is 0.750. The maximum absolute atomic E-state index is 12.8. The number of nitrogens with zero attached hydrogens (tertiary/aromatic N) is 1. The molecular formula is C22H24N2O5. The molecule has 1 atom stereocenters. The van der Waals surface area contributed by atoms with Crippen molar-refractivity contribution in [2.75, 3.05) is 23.9 Å². The van der Waals surface area contributed by atoms with Gasteiger partial charge < -0.3 is 20.1 Å². The Hall–Kier alpha value is -3.19. The molecule has 1 aliphatic heterocycles. The van der Waals surface area contributed by atoms with Crippen LogP contribution in [-0.4, -0.2) is 36.5 Å². The molecule has 0 bridgehead atoms. The summed E-state index contributed by atoms with van der Waals surface area (Å²) in [7, 11) is 1.51. The molecule has 3 rings (SSSR count). The Labute approximate surface area is 169 Å². The lowest BCUT2D eigenvalue weighted by Gasteiger charge is -2.20. The molecular weight excluding hydrogens is 372 g/mol. The number of carboxylic acids is 1. The Morgan fingerprint density at radius 2 is 2.00 bits per heavy atom. The Balaban J connectivity index is 1.77. The molecule has 7 nitrogen and oxygen atoms in total. The largest absolute Gasteiger partial charge is 0.478 e. The van der Waals surface area contributed by atoms with E-state index in [0.717, 1.165) is 17.7 Å². The lowest BCUT2D eigenvalue weighted by molar-refractivity contribution is -0.122. The van der Waals surface area contributed by atoms with Crippen LogP contribution < -0.4 is 10.2 Å². The molecule has 1 heterocycles. The van der Waals surface area contributed by atoms with E-state index in [1.807, 2.05) is 31.2 Å². The van der Waals surface area contributed by atoms with E-state index in [9.17, 15) is 19.5 Å². The molecule has 2 amide bonds. The minimum absolute atomic E-state index is 0.0656. The molecule has 2 N–H and O–H groups in total. The van der Waals surface area contributed by atoms with Gasteiger partial charge in [0.15, 0.2) is 0 Å². The van der Waals surface area contributed by atoms with Gasteiger partial charge in [-0.05, 0) is 41.8 Å². The second-order valence-electron chi connectivity index (χ2n) is 7.03. The van der Waals surface area contributed by atoms with Gasteiger partial charge in [-0.25, -0.2) is 4.79 Å². The van der Waals surface area contributed by atoms with Crippen molar-refractivity contribution in [3.05, 3.63) is 59.2 Å². The van der Waals surface area contributed by atoms with Gasteiger partial charge in [-0.2, -0.15) is 0 Å². The van der Waals surface area contributed by atoms with E-state index in [1.165, 1.54) is 19.2 Å². The first-order valence-corrected chi connectivity index (χ1v) is 9.48. The van der Waals surface area contributed by atoms with Crippen molar-refractivity contribution in [3.63, 3.8) is 0 Å². The SMILES string of the molecule is CCc1ccccc1N1CC(C(=O)Nc2cc(COC)cc(C(=O)O)c2)CC1=O. The van der Waals surface area contributed by atoms with Gasteiger partial charge in [0, 0.05) is 31.5 Å². The maximum atomic E-state index is 12.8. The summed E-state index contributed by atoms with van der Waals surface area (Å²) in [6, 6.07) is 12.3. The average molecular weight is 396 g/mol. The van der Waals surface area contributed by atoms with Gasteiger partial charge in [-0.1, -0.05) is 25.1 Å². The van der Waals surface area contributed by atoms with Crippen LogP contribution in [0.1, 0.15) is 34.8 Å². The number of carboxylic acid groups (broad SMARTS) is 1. The number of methoxy groups -OCH3 is 1. The second kappa shape index (κ2) is 8.87. The van der Waals surface area contributed by atoms with Crippen LogP contribution in [-0.2, 0) is 27.4 Å². The summed E-state index contributed by atoms with van der Waals surface area (Å²) in [6.45, 7) is 2.55. The minimum atomic E-state index is -1.09. The van der Waals surface area contributed by atoms with Gasteiger partial charge in [-0.15, -0.1) is 0 Å². The molecule has 2 aromatic rings. The fraction of sp³-hybridized carbons (Fsp3) is 0.318. The number of hydrogen-bond acceptors (Lipinski definition) is 4. The average Bonchev–Trinajstić information content (AvgIpc) is 3.09. The smallest absolute Gasteiger partial charge is 0.335 e. The normalized spacial score (nSPS) is 16.1. The van der Waals surface area contributed by atoms with Crippen LogP contribution in [0, 0.1) is 5.92 Å². The van der Waals surface area contributed by atoms with E-state index in [1.54, 1.807) is 11.0 Å². The number of amides is 2. The Morgan fingerprint density at radius 1 is 1.24 bits per heavy atom. The van der Waals surface area contributed by atoms with Gasteiger partial charge in [0.1, 0.15) is 0 Å². The highest BCUT2D eigenvalue weighted by Gasteiger charge is 2.35. The third kappa shape index (κ3) is 4.63. The number of hydrogen-bond donors (Lipinski definition) is 2. The van der Waals surface area contributed by atoms with Gasteiger partial charge in [-0.3, -0.25) is 9.59 Å². The zero-order chi connectivity index (χ0) is 21.0. The van der Waals surface area contributed by atoms with Crippen molar-refractivity contribution in [1.29, 1.82) is 0 Å². The maximum Gasteiger partial charge on any atom is 0.335 e. The molecule has 1 aliphatic rings. The molecule has 2 aromatic carbocycles. The van der Waals surface area contributed by atoms with Crippen LogP contribution in [0.2, 0.25) is 0 Å². The first kappa shape index (κ1) is 20.5. The highest BCUT2D eigenvalue weighted by molar-refractivity contribution is 6.04. The zero-order valence-corrected chi connectivity index (χ0v) is 16.5.